The van der Waals surface area contributed by atoms with Crippen LogP contribution in [0.15, 0.2) is 0 Å². The zero-order valence-corrected chi connectivity index (χ0v) is 50.6. The third-order valence-corrected chi connectivity index (χ3v) is 11.9. The molecule has 0 radical (unpaired) electrons. The highest BCUT2D eigenvalue weighted by atomic mass is 32.1. The van der Waals surface area contributed by atoms with Crippen molar-refractivity contribution in [1.82, 2.24) is 106 Å². The molecule has 0 rings (SSSR count). The van der Waals surface area contributed by atoms with E-state index in [4.69, 9.17) is 50.3 Å². The average Bonchev–Trinajstić information content (AvgIpc) is 3.57. The van der Waals surface area contributed by atoms with Crippen LogP contribution >= 0.6 is 12.6 Å². The number of amides is 17. The molecule has 0 heterocycles. The summed E-state index contributed by atoms with van der Waals surface area (Å²) in [4.78, 5) is 114. The van der Waals surface area contributed by atoms with Gasteiger partial charge in [0.25, 0.3) is 0 Å². The van der Waals surface area contributed by atoms with Gasteiger partial charge in [-0.05, 0) is 84.8 Å². The summed E-state index contributed by atoms with van der Waals surface area (Å²) >= 11 is 4.05. The number of guanidine groups is 4. The van der Waals surface area contributed by atoms with Crippen LogP contribution in [0.1, 0.15) is 85.5 Å². The van der Waals surface area contributed by atoms with E-state index in [0.717, 1.165) is 0 Å². The Bertz CT molecular complexity index is 2140. The number of urea groups is 8. The molecule has 0 saturated carbocycles. The molecule has 86 heavy (non-hydrogen) atoms. The molecule has 0 aromatic rings. The minimum absolute atomic E-state index is 0.0147. The maximum Gasteiger partial charge on any atom is 0.315 e. The highest BCUT2D eigenvalue weighted by molar-refractivity contribution is 7.80. The Hall–Kier alpha value is -8.94. The van der Waals surface area contributed by atoms with Crippen LogP contribution in [0.2, 0.25) is 0 Å². The fraction of sp³-hybridized carbons (Fsp3) is 0.723. The van der Waals surface area contributed by atoms with Gasteiger partial charge in [-0.3, -0.25) is 26.4 Å². The maximum absolute atomic E-state index is 13.4. The van der Waals surface area contributed by atoms with Crippen LogP contribution in [0.25, 0.3) is 0 Å². The number of primary amides is 1. The maximum atomic E-state index is 13.4. The average molecular weight is 1250 g/mol. The first-order valence-corrected chi connectivity index (χ1v) is 28.8. The van der Waals surface area contributed by atoms with Gasteiger partial charge in [0.1, 0.15) is 0 Å². The van der Waals surface area contributed by atoms with Gasteiger partial charge in [0.15, 0.2) is 23.8 Å². The van der Waals surface area contributed by atoms with E-state index in [1.807, 2.05) is 0 Å². The fourth-order valence-corrected chi connectivity index (χ4v) is 7.67. The minimum atomic E-state index is -0.743. The van der Waals surface area contributed by atoms with E-state index < -0.39 is 90.5 Å². The molecule has 0 fully saturated rings. The van der Waals surface area contributed by atoms with E-state index in [9.17, 15) is 43.2 Å². The highest BCUT2D eigenvalue weighted by Crippen LogP contribution is 2.01. The molecule has 0 aromatic heterocycles. The van der Waals surface area contributed by atoms with Gasteiger partial charge in [0.05, 0.1) is 0 Å². The Morgan fingerprint density at radius 3 is 0.779 bits per heavy atom. The van der Waals surface area contributed by atoms with Gasteiger partial charge < -0.3 is 135 Å². The van der Waals surface area contributed by atoms with Gasteiger partial charge in [-0.25, -0.2) is 38.4 Å². The number of hydrogen-bond donors (Lipinski definition) is 30. The second-order valence-corrected chi connectivity index (χ2v) is 20.5. The van der Waals surface area contributed by atoms with Crippen molar-refractivity contribution >= 4 is 90.6 Å². The van der Waals surface area contributed by atoms with Crippen molar-refractivity contribution < 1.29 is 43.2 Å². The largest absolute Gasteiger partial charge is 0.370 e. The molecule has 0 aliphatic rings. The third-order valence-electron chi connectivity index (χ3n) is 11.7. The first kappa shape index (κ1) is 77.1. The molecule has 38 nitrogen and oxygen atoms in total. The molecule has 0 bridgehead atoms. The van der Waals surface area contributed by atoms with Crippen molar-refractivity contribution in [2.45, 2.75) is 134 Å². The first-order valence-electron chi connectivity index (χ1n) is 28.2. The summed E-state index contributed by atoms with van der Waals surface area (Å²) in [6.07, 6.45) is 3.45. The normalized spacial score (nSPS) is 13.3. The number of nitrogens with one attached hydrogen (secondary N) is 24. The fourth-order valence-electron chi connectivity index (χ4n) is 7.46. The van der Waals surface area contributed by atoms with Gasteiger partial charge in [-0.1, -0.05) is 0 Å². The van der Waals surface area contributed by atoms with Crippen LogP contribution in [0, 0.1) is 21.6 Å². The molecule has 0 spiro atoms. The summed E-state index contributed by atoms with van der Waals surface area (Å²) in [5.74, 6) is -0.758. The molecule has 8 atom stereocenters. The predicted octanol–water partition coefficient (Wildman–Crippen LogP) is -5.73. The summed E-state index contributed by atoms with van der Waals surface area (Å²) in [6, 6.07) is -9.29. The van der Waals surface area contributed by atoms with Gasteiger partial charge in [-0.15, -0.1) is 0 Å². The van der Waals surface area contributed by atoms with Gasteiger partial charge in [0.2, 0.25) is 5.91 Å². The Morgan fingerprint density at radius 1 is 0.326 bits per heavy atom. The van der Waals surface area contributed by atoms with Crippen LogP contribution in [-0.2, 0) is 4.79 Å². The molecule has 0 aliphatic heterocycles. The zero-order chi connectivity index (χ0) is 64.8. The van der Waals surface area contributed by atoms with Crippen molar-refractivity contribution in [3.05, 3.63) is 0 Å². The lowest BCUT2D eigenvalue weighted by atomic mass is 10.1. The summed E-state index contributed by atoms with van der Waals surface area (Å²) < 4.78 is 0. The molecule has 34 N–H and O–H groups in total. The molecule has 39 heteroatoms. The Balaban J connectivity index is 5.51. The van der Waals surface area contributed by atoms with Gasteiger partial charge >= 0.3 is 48.2 Å². The first-order chi connectivity index (χ1) is 40.6. The number of carbonyl (C=O) groups is 9. The quantitative estimate of drug-likeness (QED) is 0.0117. The molecule has 0 aliphatic carbocycles. The molecule has 4 unspecified atom stereocenters. The van der Waals surface area contributed by atoms with Crippen molar-refractivity contribution in [3.63, 3.8) is 0 Å². The van der Waals surface area contributed by atoms with Crippen molar-refractivity contribution in [2.75, 3.05) is 84.3 Å². The molecule has 17 amide bonds. The van der Waals surface area contributed by atoms with E-state index in [1.54, 1.807) is 27.7 Å². The number of nitrogens with two attached hydrogens (primary N) is 5. The number of carbonyl (C=O) groups excluding carboxylic acids is 9. The lowest BCUT2D eigenvalue weighted by Crippen LogP contribution is -2.55. The van der Waals surface area contributed by atoms with Crippen molar-refractivity contribution in [3.8, 4) is 0 Å². The molecule has 0 aromatic carbocycles. The summed E-state index contributed by atoms with van der Waals surface area (Å²) in [5, 5.41) is 83.7. The summed E-state index contributed by atoms with van der Waals surface area (Å²) in [6.45, 7) is 8.05. The lowest BCUT2D eigenvalue weighted by Gasteiger charge is -2.24. The summed E-state index contributed by atoms with van der Waals surface area (Å²) in [7, 11) is 0. The van der Waals surface area contributed by atoms with E-state index >= 15 is 0 Å². The second-order valence-electron chi connectivity index (χ2n) is 20.1. The molecule has 492 valence electrons. The Morgan fingerprint density at radius 2 is 0.547 bits per heavy atom. The number of thiol groups is 1. The minimum Gasteiger partial charge on any atom is -0.370 e. The van der Waals surface area contributed by atoms with Crippen LogP contribution in [0.3, 0.4) is 0 Å². The number of rotatable bonds is 42. The SMILES string of the molecule is CC(CNC(=O)N[C@@H](CCCNC(=N)N)CNC(=O)NC(C)CNC(=O)N[C@@H](CCCNC(=N)N)CNC(=O)NC(CCCNC(=N)N)CNC(=O)N[C@@H](C)CNC(=O)NC(CCCNC(=N)N)CNC(=O)N[C@@H](C)CNC(N)=O)NC(=O)CCS. The molecule has 0 saturated heterocycles. The smallest absolute Gasteiger partial charge is 0.315 e. The van der Waals surface area contributed by atoms with E-state index in [-0.39, 0.29) is 101 Å². The standard InChI is InChI=1S/C47H99N29O9S/c1-27(69-35(77)13-18-86)20-62-44(82)73-31(9-5-14-57-36(48)49)24-66-42(80)71-30(4)22-64-46(84)75-34(12-8-17-60-39(54)55)26-68-47(85)76-33(11-7-16-59-38(52)53)25-67-43(81)72-29(3)21-63-45(83)74-32(10-6-15-58-37(50)51)23-65-41(79)70-28(2)19-61-40(56)78/h27-34,86H,5-26H2,1-4H3,(H,69,77)(H4,48,49,57)(H4,50,51,58)(H4,52,53,59)(H4,54,55,60)(H3,56,61,78)(H2,62,73,82)(H2,63,74,83)(H2,64,75,84)(H2,65,70,79)(H2,66,71,80)(H2,67,72,81)(H2,68,76,85)/t27?,28-,29-,30?,31-,32?,33?,34-/m0/s1. The van der Waals surface area contributed by atoms with Crippen molar-refractivity contribution in [1.29, 1.82) is 21.6 Å². The lowest BCUT2D eigenvalue weighted by molar-refractivity contribution is -0.121. The van der Waals surface area contributed by atoms with E-state index in [2.05, 4.69) is 119 Å². The monoisotopic (exact) mass is 1250 g/mol. The predicted molar refractivity (Wildman–Crippen MR) is 330 cm³/mol. The highest BCUT2D eigenvalue weighted by Gasteiger charge is 2.21. The number of hydrogen-bond acceptors (Lipinski definition) is 14. The Kier molecular flexibility index (Phi) is 41.6. The second kappa shape index (κ2) is 46.4. The van der Waals surface area contributed by atoms with Crippen LogP contribution < -0.4 is 135 Å². The van der Waals surface area contributed by atoms with E-state index in [0.29, 0.717) is 76.8 Å². The zero-order valence-electron chi connectivity index (χ0n) is 49.7. The third kappa shape index (κ3) is 46.5. The topological polar surface area (TPSA) is 620 Å². The van der Waals surface area contributed by atoms with Crippen molar-refractivity contribution in [2.24, 2.45) is 28.7 Å². The summed E-state index contributed by atoms with van der Waals surface area (Å²) in [5.41, 5.74) is 26.7. The van der Waals surface area contributed by atoms with Gasteiger partial charge in [0, 0.05) is 133 Å². The Labute approximate surface area is 507 Å². The molecular formula is C47H99N29O9S. The van der Waals surface area contributed by atoms with Crippen LogP contribution in [0.4, 0.5) is 38.4 Å². The van der Waals surface area contributed by atoms with Crippen LogP contribution in [0.5, 0.6) is 0 Å². The van der Waals surface area contributed by atoms with E-state index in [1.165, 1.54) is 0 Å². The van der Waals surface area contributed by atoms with Crippen LogP contribution in [-0.4, -0.2) is 211 Å². The molecular weight excluding hydrogens is 1150 g/mol. The van der Waals surface area contributed by atoms with Gasteiger partial charge in [-0.2, -0.15) is 12.6 Å².